The largest absolute Gasteiger partial charge is 0.493 e. The highest BCUT2D eigenvalue weighted by atomic mass is 35.5. The highest BCUT2D eigenvalue weighted by Crippen LogP contribution is 2.29. The van der Waals surface area contributed by atoms with E-state index in [2.05, 4.69) is 10.9 Å². The number of nitrogens with one attached hydrogen (secondary N) is 2. The number of hydrazine groups is 1. The maximum atomic E-state index is 12.4. The van der Waals surface area contributed by atoms with Crippen LogP contribution in [0.5, 0.6) is 11.5 Å². The number of methoxy groups -OCH3 is 1. The van der Waals surface area contributed by atoms with E-state index in [1.165, 1.54) is 13.2 Å². The van der Waals surface area contributed by atoms with Crippen LogP contribution >= 0.6 is 23.2 Å². The zero-order valence-corrected chi connectivity index (χ0v) is 17.5. The quantitative estimate of drug-likeness (QED) is 0.542. The molecule has 154 valence electrons. The number of carbonyl (C=O) groups excluding carboxylic acids is 2. The first-order valence-corrected chi connectivity index (χ1v) is 9.64. The van der Waals surface area contributed by atoms with E-state index in [1.807, 2.05) is 18.2 Å². The van der Waals surface area contributed by atoms with Crippen LogP contribution in [0.25, 0.3) is 0 Å². The highest BCUT2D eigenvalue weighted by molar-refractivity contribution is 6.33. The lowest BCUT2D eigenvalue weighted by atomic mass is 10.2. The first-order valence-electron chi connectivity index (χ1n) is 8.89. The van der Waals surface area contributed by atoms with Crippen LogP contribution in [-0.2, 0) is 6.61 Å². The molecule has 30 heavy (non-hydrogen) atoms. The van der Waals surface area contributed by atoms with E-state index in [0.717, 1.165) is 5.56 Å². The van der Waals surface area contributed by atoms with Crippen LogP contribution in [0.4, 0.5) is 0 Å². The molecule has 0 fully saturated rings. The Hall–Kier alpha value is -3.22. The number of benzene rings is 3. The molecule has 0 aromatic heterocycles. The molecule has 0 saturated carbocycles. The fraction of sp³-hybridized carbons (Fsp3) is 0.0909. The van der Waals surface area contributed by atoms with Crippen molar-refractivity contribution in [1.82, 2.24) is 10.9 Å². The Morgan fingerprint density at radius 3 is 2.20 bits per heavy atom. The zero-order valence-electron chi connectivity index (χ0n) is 15.9. The Morgan fingerprint density at radius 2 is 1.50 bits per heavy atom. The Bertz CT molecular complexity index is 1070. The monoisotopic (exact) mass is 444 g/mol. The third kappa shape index (κ3) is 5.23. The van der Waals surface area contributed by atoms with Crippen molar-refractivity contribution in [2.45, 2.75) is 6.61 Å². The zero-order chi connectivity index (χ0) is 21.5. The molecule has 3 rings (SSSR count). The molecule has 0 bridgehead atoms. The smallest absolute Gasteiger partial charge is 0.271 e. The Labute approximate surface area is 183 Å². The third-order valence-corrected chi connectivity index (χ3v) is 4.87. The number of carbonyl (C=O) groups is 2. The van der Waals surface area contributed by atoms with Crippen molar-refractivity contribution in [2.75, 3.05) is 7.11 Å². The van der Waals surface area contributed by atoms with Crippen molar-refractivity contribution in [3.8, 4) is 11.5 Å². The fourth-order valence-electron chi connectivity index (χ4n) is 2.60. The fourth-order valence-corrected chi connectivity index (χ4v) is 3.01. The van der Waals surface area contributed by atoms with Crippen LogP contribution in [0.3, 0.4) is 0 Å². The molecule has 3 aromatic rings. The lowest BCUT2D eigenvalue weighted by Crippen LogP contribution is -2.41. The van der Waals surface area contributed by atoms with Gasteiger partial charge in [-0.05, 0) is 36.4 Å². The second kappa shape index (κ2) is 10.0. The number of hydrogen-bond donors (Lipinski definition) is 2. The van der Waals surface area contributed by atoms with E-state index < -0.39 is 11.8 Å². The SMILES string of the molecule is COc1cc(C(=O)NNC(=O)c2ccccc2Cl)ccc1OCc1ccccc1Cl. The summed E-state index contributed by atoms with van der Waals surface area (Å²) in [6.45, 7) is 0.246. The Kier molecular flexibility index (Phi) is 7.17. The van der Waals surface area contributed by atoms with Gasteiger partial charge in [0.2, 0.25) is 0 Å². The average molecular weight is 445 g/mol. The molecule has 2 N–H and O–H groups in total. The van der Waals surface area contributed by atoms with Crippen molar-refractivity contribution < 1.29 is 19.1 Å². The van der Waals surface area contributed by atoms with Gasteiger partial charge < -0.3 is 9.47 Å². The van der Waals surface area contributed by atoms with Gasteiger partial charge in [0.25, 0.3) is 11.8 Å². The predicted octanol–water partition coefficient (Wildman–Crippen LogP) is 4.66. The lowest BCUT2D eigenvalue weighted by molar-refractivity contribution is 0.0846. The van der Waals surface area contributed by atoms with Gasteiger partial charge in [-0.1, -0.05) is 53.5 Å². The van der Waals surface area contributed by atoms with Crippen LogP contribution in [0.1, 0.15) is 26.3 Å². The first kappa shape index (κ1) is 21.5. The molecule has 6 nitrogen and oxygen atoms in total. The Morgan fingerprint density at radius 1 is 0.833 bits per heavy atom. The molecule has 3 aromatic carbocycles. The maximum absolute atomic E-state index is 12.4. The summed E-state index contributed by atoms with van der Waals surface area (Å²) in [7, 11) is 1.47. The summed E-state index contributed by atoms with van der Waals surface area (Å²) in [6.07, 6.45) is 0. The summed E-state index contributed by atoms with van der Waals surface area (Å²) in [5.74, 6) is -0.229. The third-order valence-electron chi connectivity index (χ3n) is 4.17. The summed E-state index contributed by atoms with van der Waals surface area (Å²) in [4.78, 5) is 24.6. The standard InChI is InChI=1S/C22H18Cl2N2O4/c1-29-20-12-14(10-11-19(20)30-13-15-6-2-4-8-17(15)23)21(27)25-26-22(28)16-7-3-5-9-18(16)24/h2-12H,13H2,1H3,(H,25,27)(H,26,28). The van der Waals surface area contributed by atoms with E-state index in [4.69, 9.17) is 32.7 Å². The van der Waals surface area contributed by atoms with Crippen LogP contribution in [0.15, 0.2) is 66.7 Å². The minimum absolute atomic E-state index is 0.246. The van der Waals surface area contributed by atoms with E-state index in [0.29, 0.717) is 16.5 Å². The van der Waals surface area contributed by atoms with Gasteiger partial charge in [-0.25, -0.2) is 0 Å². The van der Waals surface area contributed by atoms with Crippen molar-refractivity contribution in [3.63, 3.8) is 0 Å². The van der Waals surface area contributed by atoms with Gasteiger partial charge in [0.05, 0.1) is 17.7 Å². The van der Waals surface area contributed by atoms with Crippen LogP contribution in [0, 0.1) is 0 Å². The first-order chi connectivity index (χ1) is 14.5. The molecule has 0 aliphatic carbocycles. The average Bonchev–Trinajstić information content (AvgIpc) is 2.77. The normalized spacial score (nSPS) is 10.2. The molecule has 0 atom stereocenters. The molecule has 0 unspecified atom stereocenters. The molecule has 0 aliphatic heterocycles. The number of hydrogen-bond acceptors (Lipinski definition) is 4. The number of amides is 2. The second-order valence-electron chi connectivity index (χ2n) is 6.13. The molecule has 0 spiro atoms. The minimum Gasteiger partial charge on any atom is -0.493 e. The summed E-state index contributed by atoms with van der Waals surface area (Å²) in [6, 6.07) is 18.5. The number of halogens is 2. The number of ether oxygens (including phenoxy) is 2. The van der Waals surface area contributed by atoms with Gasteiger partial charge in [-0.2, -0.15) is 0 Å². The molecule has 0 radical (unpaired) electrons. The molecule has 2 amide bonds. The van der Waals surface area contributed by atoms with Gasteiger partial charge >= 0.3 is 0 Å². The molecule has 8 heteroatoms. The van der Waals surface area contributed by atoms with Gasteiger partial charge in [0, 0.05) is 16.1 Å². The topological polar surface area (TPSA) is 76.7 Å². The molecule has 0 heterocycles. The minimum atomic E-state index is -0.527. The van der Waals surface area contributed by atoms with E-state index >= 15 is 0 Å². The van der Waals surface area contributed by atoms with Crippen molar-refractivity contribution >= 4 is 35.0 Å². The summed E-state index contributed by atoms with van der Waals surface area (Å²) in [5.41, 5.74) is 6.03. The Balaban J connectivity index is 1.65. The highest BCUT2D eigenvalue weighted by Gasteiger charge is 2.14. The lowest BCUT2D eigenvalue weighted by Gasteiger charge is -2.13. The van der Waals surface area contributed by atoms with Gasteiger partial charge in [-0.15, -0.1) is 0 Å². The second-order valence-corrected chi connectivity index (χ2v) is 6.95. The van der Waals surface area contributed by atoms with E-state index in [-0.39, 0.29) is 22.8 Å². The van der Waals surface area contributed by atoms with E-state index in [9.17, 15) is 9.59 Å². The summed E-state index contributed by atoms with van der Waals surface area (Å²) in [5, 5.41) is 0.882. The van der Waals surface area contributed by atoms with Crippen molar-refractivity contribution in [3.05, 3.63) is 93.5 Å². The van der Waals surface area contributed by atoms with Gasteiger partial charge in [0.1, 0.15) is 6.61 Å². The van der Waals surface area contributed by atoms with Gasteiger partial charge in [0.15, 0.2) is 11.5 Å². The maximum Gasteiger partial charge on any atom is 0.271 e. The van der Waals surface area contributed by atoms with Crippen LogP contribution in [-0.4, -0.2) is 18.9 Å². The summed E-state index contributed by atoms with van der Waals surface area (Å²) >= 11 is 12.1. The molecule has 0 saturated heterocycles. The molecular formula is C22H18Cl2N2O4. The predicted molar refractivity (Wildman–Crippen MR) is 115 cm³/mol. The summed E-state index contributed by atoms with van der Waals surface area (Å²) < 4.78 is 11.1. The van der Waals surface area contributed by atoms with Gasteiger partial charge in [-0.3, -0.25) is 20.4 Å². The molecule has 0 aliphatic rings. The van der Waals surface area contributed by atoms with E-state index in [1.54, 1.807) is 42.5 Å². The van der Waals surface area contributed by atoms with Crippen molar-refractivity contribution in [2.24, 2.45) is 0 Å². The van der Waals surface area contributed by atoms with Crippen LogP contribution < -0.4 is 20.3 Å². The molecular weight excluding hydrogens is 427 g/mol. The van der Waals surface area contributed by atoms with Crippen LogP contribution in [0.2, 0.25) is 10.0 Å². The number of rotatable bonds is 6. The van der Waals surface area contributed by atoms with Crippen molar-refractivity contribution in [1.29, 1.82) is 0 Å².